The largest absolute Gasteiger partial charge is 0.311 e. The number of carbonyl (C=O) groups excluding carboxylic acids is 1. The highest BCUT2D eigenvalue weighted by molar-refractivity contribution is 7.15. The fraction of sp³-hybridized carbons (Fsp3) is 0.0526. The minimum Gasteiger partial charge on any atom is -0.311 e. The summed E-state index contributed by atoms with van der Waals surface area (Å²) in [6.45, 7) is 0. The summed E-state index contributed by atoms with van der Waals surface area (Å²) >= 11 is 7.08. The quantitative estimate of drug-likeness (QED) is 0.497. The van der Waals surface area contributed by atoms with Crippen LogP contribution in [0.15, 0.2) is 53.3 Å². The van der Waals surface area contributed by atoms with Gasteiger partial charge in [0.05, 0.1) is 11.3 Å². The average Bonchev–Trinajstić information content (AvgIpc) is 3.29. The van der Waals surface area contributed by atoms with Gasteiger partial charge in [0, 0.05) is 23.2 Å². The zero-order valence-electron chi connectivity index (χ0n) is 14.0. The molecule has 0 aliphatic carbocycles. The van der Waals surface area contributed by atoms with Gasteiger partial charge < -0.3 is 4.90 Å². The fourth-order valence-electron chi connectivity index (χ4n) is 3.20. The van der Waals surface area contributed by atoms with Crippen LogP contribution in [0.2, 0.25) is 5.02 Å². The number of fused-ring (bicyclic) bond motifs is 2. The lowest BCUT2D eigenvalue weighted by Gasteiger charge is -2.07. The van der Waals surface area contributed by atoms with Crippen molar-refractivity contribution in [3.63, 3.8) is 0 Å². The Morgan fingerprint density at radius 3 is 2.52 bits per heavy atom. The molecule has 0 radical (unpaired) electrons. The molecule has 1 amide bonds. The highest BCUT2D eigenvalue weighted by atomic mass is 35.5. The fourth-order valence-corrected chi connectivity index (χ4v) is 4.32. The molecule has 3 heterocycles. The first-order valence-corrected chi connectivity index (χ1v) is 9.31. The number of carbonyl (C=O) groups is 1. The number of aromatic nitrogens is 3. The molecular weight excluding hydrogens is 384 g/mol. The molecule has 8 heteroatoms. The lowest BCUT2D eigenvalue weighted by molar-refractivity contribution is -0.112. The van der Waals surface area contributed by atoms with E-state index in [2.05, 4.69) is 10.1 Å². The van der Waals surface area contributed by atoms with Crippen molar-refractivity contribution in [1.29, 1.82) is 0 Å². The first kappa shape index (κ1) is 16.2. The Morgan fingerprint density at radius 2 is 1.78 bits per heavy atom. The molecule has 2 aromatic carbocycles. The third kappa shape index (κ3) is 2.32. The highest BCUT2D eigenvalue weighted by Crippen LogP contribution is 2.33. The van der Waals surface area contributed by atoms with E-state index in [-0.39, 0.29) is 11.5 Å². The van der Waals surface area contributed by atoms with Crippen LogP contribution in [-0.2, 0) is 4.79 Å². The molecule has 132 valence electrons. The molecule has 4 aromatic rings. The Labute approximate surface area is 161 Å². The molecule has 5 rings (SSSR count). The van der Waals surface area contributed by atoms with Crippen molar-refractivity contribution in [2.24, 2.45) is 0 Å². The van der Waals surface area contributed by atoms with E-state index in [1.165, 1.54) is 15.9 Å². The molecule has 0 fully saturated rings. The van der Waals surface area contributed by atoms with Gasteiger partial charge in [0.15, 0.2) is 5.82 Å². The topological polar surface area (TPSA) is 67.6 Å². The van der Waals surface area contributed by atoms with Crippen LogP contribution in [0.5, 0.6) is 0 Å². The molecule has 27 heavy (non-hydrogen) atoms. The second-order valence-corrected chi connectivity index (χ2v) is 7.54. The molecule has 2 aromatic heterocycles. The van der Waals surface area contributed by atoms with Crippen LogP contribution < -0.4 is 15.0 Å². The van der Waals surface area contributed by atoms with E-state index >= 15 is 0 Å². The van der Waals surface area contributed by atoms with Crippen molar-refractivity contribution in [3.8, 4) is 11.4 Å². The van der Waals surface area contributed by atoms with Crippen LogP contribution in [0.25, 0.3) is 21.9 Å². The van der Waals surface area contributed by atoms with E-state index in [4.69, 9.17) is 11.6 Å². The van der Waals surface area contributed by atoms with Gasteiger partial charge >= 0.3 is 0 Å². The highest BCUT2D eigenvalue weighted by Gasteiger charge is 2.31. The van der Waals surface area contributed by atoms with Crippen molar-refractivity contribution in [2.75, 3.05) is 11.9 Å². The molecule has 0 unspecified atom stereocenters. The van der Waals surface area contributed by atoms with E-state index in [1.807, 2.05) is 24.3 Å². The smallest absolute Gasteiger partial charge is 0.291 e. The maximum atomic E-state index is 12.9. The molecule has 0 saturated heterocycles. The molecule has 0 saturated carbocycles. The summed E-state index contributed by atoms with van der Waals surface area (Å²) in [7, 11) is 1.70. The number of halogens is 1. The zero-order chi connectivity index (χ0) is 18.7. The van der Waals surface area contributed by atoms with Crippen molar-refractivity contribution < 1.29 is 4.79 Å². The van der Waals surface area contributed by atoms with Gasteiger partial charge in [-0.05, 0) is 30.3 Å². The van der Waals surface area contributed by atoms with Crippen LogP contribution in [0, 0.1) is 0 Å². The maximum Gasteiger partial charge on any atom is 0.291 e. The first-order valence-electron chi connectivity index (χ1n) is 8.12. The normalized spacial score (nSPS) is 15.6. The van der Waals surface area contributed by atoms with Gasteiger partial charge in [-0.2, -0.15) is 9.50 Å². The second-order valence-electron chi connectivity index (χ2n) is 6.13. The summed E-state index contributed by atoms with van der Waals surface area (Å²) in [6, 6.07) is 14.5. The van der Waals surface area contributed by atoms with Crippen LogP contribution in [-0.4, -0.2) is 27.6 Å². The molecule has 1 aliphatic heterocycles. The molecule has 1 aliphatic rings. The summed E-state index contributed by atoms with van der Waals surface area (Å²) in [5.41, 5.74) is 2.38. The van der Waals surface area contributed by atoms with E-state index in [0.29, 0.717) is 25.9 Å². The van der Waals surface area contributed by atoms with Gasteiger partial charge in [-0.1, -0.05) is 41.1 Å². The zero-order valence-corrected chi connectivity index (χ0v) is 15.6. The van der Waals surface area contributed by atoms with E-state index in [9.17, 15) is 9.59 Å². The number of likely N-dealkylation sites (N-methyl/N-ethyl adjacent to an activating group) is 1. The molecule has 0 bridgehead atoms. The van der Waals surface area contributed by atoms with Gasteiger partial charge in [0.25, 0.3) is 11.5 Å². The molecule has 0 spiro atoms. The maximum absolute atomic E-state index is 12.9. The summed E-state index contributed by atoms with van der Waals surface area (Å²) < 4.78 is 1.61. The molecule has 0 N–H and O–H groups in total. The summed E-state index contributed by atoms with van der Waals surface area (Å²) in [4.78, 5) is 32.1. The molecular formula is C19H11ClN4O2S. The number of hydrogen-bond acceptors (Lipinski definition) is 5. The van der Waals surface area contributed by atoms with Gasteiger partial charge in [-0.3, -0.25) is 9.59 Å². The van der Waals surface area contributed by atoms with Gasteiger partial charge in [-0.25, -0.2) is 0 Å². The number of hydrogen-bond donors (Lipinski definition) is 0. The van der Waals surface area contributed by atoms with Gasteiger partial charge in [0.2, 0.25) is 4.96 Å². The van der Waals surface area contributed by atoms with Crippen molar-refractivity contribution in [3.05, 3.63) is 74.0 Å². The number of anilines is 1. The third-order valence-electron chi connectivity index (χ3n) is 4.54. The average molecular weight is 395 g/mol. The first-order chi connectivity index (χ1) is 13.0. The van der Waals surface area contributed by atoms with E-state index in [0.717, 1.165) is 16.8 Å². The lowest BCUT2D eigenvalue weighted by atomic mass is 10.1. The van der Waals surface area contributed by atoms with Crippen molar-refractivity contribution in [1.82, 2.24) is 14.6 Å². The predicted octanol–water partition coefficient (Wildman–Crippen LogP) is 2.37. The van der Waals surface area contributed by atoms with Crippen LogP contribution in [0.3, 0.4) is 0 Å². The van der Waals surface area contributed by atoms with Crippen LogP contribution in [0.1, 0.15) is 5.56 Å². The predicted molar refractivity (Wildman–Crippen MR) is 105 cm³/mol. The number of para-hydroxylation sites is 1. The summed E-state index contributed by atoms with van der Waals surface area (Å²) in [5.74, 6) is 0.248. The van der Waals surface area contributed by atoms with Crippen LogP contribution >= 0.6 is 22.9 Å². The van der Waals surface area contributed by atoms with Crippen molar-refractivity contribution in [2.45, 2.75) is 0 Å². The SMILES string of the molecule is CN1C(=O)/C(=c2\sc3nc(-c4ccc(Cl)cc4)nn3c2=O)c2ccccc21. The standard InChI is InChI=1S/C19H11ClN4O2S/c1-23-13-5-3-2-4-12(13)14(17(23)25)15-18(26)24-19(27-15)21-16(22-24)10-6-8-11(20)9-7-10/h2-9H,1H3/b15-14-. The Balaban J connectivity index is 1.75. The molecule has 6 nitrogen and oxygen atoms in total. The second kappa shape index (κ2) is 5.73. The number of rotatable bonds is 1. The Morgan fingerprint density at radius 1 is 1.04 bits per heavy atom. The van der Waals surface area contributed by atoms with Crippen LogP contribution in [0.4, 0.5) is 5.69 Å². The Bertz CT molecular complexity index is 1340. The third-order valence-corrected chi connectivity index (χ3v) is 5.82. The Kier molecular flexibility index (Phi) is 3.43. The number of benzene rings is 2. The van der Waals surface area contributed by atoms with Crippen molar-refractivity contribution >= 4 is 45.1 Å². The number of thiazole rings is 1. The van der Waals surface area contributed by atoms with E-state index < -0.39 is 0 Å². The van der Waals surface area contributed by atoms with Gasteiger partial charge in [0.1, 0.15) is 4.53 Å². The van der Waals surface area contributed by atoms with E-state index in [1.54, 1.807) is 36.2 Å². The number of nitrogens with zero attached hydrogens (tertiary/aromatic N) is 4. The minimum atomic E-state index is -0.337. The summed E-state index contributed by atoms with van der Waals surface area (Å²) in [5, 5.41) is 4.94. The Hall–Kier alpha value is -3.03. The lowest BCUT2D eigenvalue weighted by Crippen LogP contribution is -2.30. The monoisotopic (exact) mass is 394 g/mol. The summed E-state index contributed by atoms with van der Waals surface area (Å²) in [6.07, 6.45) is 0. The number of amides is 1. The van der Waals surface area contributed by atoms with Gasteiger partial charge in [-0.15, -0.1) is 5.10 Å². The minimum absolute atomic E-state index is 0.198. The molecule has 0 atom stereocenters.